The average Bonchev–Trinajstić information content (AvgIpc) is 2.61. The third-order valence-corrected chi connectivity index (χ3v) is 2.88. The number of benzene rings is 1. The Morgan fingerprint density at radius 2 is 1.95 bits per heavy atom. The zero-order chi connectivity index (χ0) is 14.9. The maximum atomic E-state index is 11.9. The van der Waals surface area contributed by atoms with Crippen LogP contribution in [0.2, 0.25) is 0 Å². The van der Waals surface area contributed by atoms with Gasteiger partial charge in [0.1, 0.15) is 11.3 Å². The standard InChI is InChI=1S/C13H16N4O3/c1-8(14)20-11(15)7-19-10-6-4-5-9-12(10)17(3)13(18)16(9)2/h4-6,14-15H,7H2,1-3H3. The number of nitrogens with one attached hydrogen (secondary N) is 2. The van der Waals surface area contributed by atoms with Crippen LogP contribution < -0.4 is 10.4 Å². The second-order valence-electron chi connectivity index (χ2n) is 4.39. The smallest absolute Gasteiger partial charge is 0.328 e. The Balaban J connectivity index is 2.32. The molecule has 7 heteroatoms. The quantitative estimate of drug-likeness (QED) is 0.652. The molecule has 1 heterocycles. The van der Waals surface area contributed by atoms with Crippen LogP contribution in [0.1, 0.15) is 6.92 Å². The van der Waals surface area contributed by atoms with E-state index >= 15 is 0 Å². The summed E-state index contributed by atoms with van der Waals surface area (Å²) in [7, 11) is 3.36. The second kappa shape index (κ2) is 5.20. The Morgan fingerprint density at radius 1 is 1.25 bits per heavy atom. The van der Waals surface area contributed by atoms with Crippen LogP contribution in [0.3, 0.4) is 0 Å². The Morgan fingerprint density at radius 3 is 2.60 bits per heavy atom. The average molecular weight is 276 g/mol. The number of para-hydroxylation sites is 1. The summed E-state index contributed by atoms with van der Waals surface area (Å²) in [6.07, 6.45) is 0. The minimum absolute atomic E-state index is 0.0658. The highest BCUT2D eigenvalue weighted by atomic mass is 16.5. The molecule has 0 aliphatic rings. The molecule has 0 amide bonds. The van der Waals surface area contributed by atoms with E-state index in [0.717, 1.165) is 5.52 Å². The molecule has 0 saturated carbocycles. The van der Waals surface area contributed by atoms with E-state index in [9.17, 15) is 4.79 Å². The van der Waals surface area contributed by atoms with Crippen molar-refractivity contribution >= 4 is 22.8 Å². The summed E-state index contributed by atoms with van der Waals surface area (Å²) in [6.45, 7) is 1.34. The maximum absolute atomic E-state index is 11.9. The highest BCUT2D eigenvalue weighted by Gasteiger charge is 2.13. The molecule has 0 aliphatic heterocycles. The van der Waals surface area contributed by atoms with Gasteiger partial charge in [0.05, 0.1) is 5.52 Å². The molecule has 2 N–H and O–H groups in total. The van der Waals surface area contributed by atoms with Gasteiger partial charge in [0.25, 0.3) is 0 Å². The number of hydrogen-bond donors (Lipinski definition) is 2. The van der Waals surface area contributed by atoms with Crippen molar-refractivity contribution in [2.24, 2.45) is 14.1 Å². The lowest BCUT2D eigenvalue weighted by molar-refractivity contribution is 0.345. The summed E-state index contributed by atoms with van der Waals surface area (Å²) in [5.41, 5.74) is 1.28. The van der Waals surface area contributed by atoms with Gasteiger partial charge in [-0.05, 0) is 12.1 Å². The Hall–Kier alpha value is -2.57. The van der Waals surface area contributed by atoms with Crippen molar-refractivity contribution in [3.05, 3.63) is 28.7 Å². The lowest BCUT2D eigenvalue weighted by Gasteiger charge is -2.09. The fourth-order valence-electron chi connectivity index (χ4n) is 2.02. The number of ether oxygens (including phenoxy) is 2. The zero-order valence-corrected chi connectivity index (χ0v) is 11.6. The number of imidazole rings is 1. The van der Waals surface area contributed by atoms with E-state index in [1.165, 1.54) is 16.1 Å². The highest BCUT2D eigenvalue weighted by molar-refractivity contribution is 5.88. The molecule has 0 fully saturated rings. The SMILES string of the molecule is CC(=N)OC(=N)COc1cccc2c1n(C)c(=O)n2C. The first kappa shape index (κ1) is 13.9. The summed E-state index contributed by atoms with van der Waals surface area (Å²) < 4.78 is 13.4. The summed E-state index contributed by atoms with van der Waals surface area (Å²) >= 11 is 0. The van der Waals surface area contributed by atoms with Crippen LogP contribution in [-0.4, -0.2) is 27.5 Å². The van der Waals surface area contributed by atoms with Crippen LogP contribution in [0.25, 0.3) is 11.0 Å². The van der Waals surface area contributed by atoms with Gasteiger partial charge in [0.15, 0.2) is 12.5 Å². The van der Waals surface area contributed by atoms with E-state index in [2.05, 4.69) is 0 Å². The summed E-state index contributed by atoms with van der Waals surface area (Å²) in [4.78, 5) is 11.9. The van der Waals surface area contributed by atoms with Crippen molar-refractivity contribution < 1.29 is 9.47 Å². The number of rotatable bonds is 3. The van der Waals surface area contributed by atoms with E-state index in [4.69, 9.17) is 20.3 Å². The van der Waals surface area contributed by atoms with E-state index in [0.29, 0.717) is 11.3 Å². The van der Waals surface area contributed by atoms with E-state index in [1.54, 1.807) is 26.2 Å². The maximum Gasteiger partial charge on any atom is 0.328 e. The van der Waals surface area contributed by atoms with E-state index < -0.39 is 0 Å². The largest absolute Gasteiger partial charge is 0.482 e. The van der Waals surface area contributed by atoms with E-state index in [1.807, 2.05) is 6.07 Å². The van der Waals surface area contributed by atoms with Crippen LogP contribution in [0.15, 0.2) is 23.0 Å². The van der Waals surface area contributed by atoms with E-state index in [-0.39, 0.29) is 24.1 Å². The lowest BCUT2D eigenvalue weighted by atomic mass is 10.3. The minimum atomic E-state index is -0.157. The fraction of sp³-hybridized carbons (Fsp3) is 0.308. The molecule has 2 rings (SSSR count). The van der Waals surface area contributed by atoms with Crippen molar-refractivity contribution in [3.63, 3.8) is 0 Å². The molecular weight excluding hydrogens is 260 g/mol. The molecule has 1 aromatic carbocycles. The van der Waals surface area contributed by atoms with Crippen molar-refractivity contribution in [1.29, 1.82) is 10.8 Å². The van der Waals surface area contributed by atoms with Gasteiger partial charge in [-0.1, -0.05) is 6.07 Å². The van der Waals surface area contributed by atoms with Crippen molar-refractivity contribution in [2.45, 2.75) is 6.92 Å². The third kappa shape index (κ3) is 2.42. The van der Waals surface area contributed by atoms with Gasteiger partial charge in [-0.2, -0.15) is 0 Å². The molecule has 0 unspecified atom stereocenters. The first-order valence-corrected chi connectivity index (χ1v) is 5.99. The molecule has 2 aromatic rings. The van der Waals surface area contributed by atoms with Crippen LogP contribution in [-0.2, 0) is 18.8 Å². The molecule has 0 aliphatic carbocycles. The van der Waals surface area contributed by atoms with Crippen LogP contribution in [0.5, 0.6) is 5.75 Å². The Labute approximate surface area is 115 Å². The summed E-state index contributed by atoms with van der Waals surface area (Å²) in [5, 5.41) is 14.7. The number of aryl methyl sites for hydroxylation is 2. The van der Waals surface area contributed by atoms with Gasteiger partial charge in [-0.25, -0.2) is 4.79 Å². The highest BCUT2D eigenvalue weighted by Crippen LogP contribution is 2.23. The lowest BCUT2D eigenvalue weighted by Crippen LogP contribution is -2.19. The molecular formula is C13H16N4O3. The monoisotopic (exact) mass is 276 g/mol. The molecule has 1 aromatic heterocycles. The first-order chi connectivity index (χ1) is 9.41. The van der Waals surface area contributed by atoms with Gasteiger partial charge < -0.3 is 9.47 Å². The van der Waals surface area contributed by atoms with Crippen LogP contribution >= 0.6 is 0 Å². The molecule has 0 bridgehead atoms. The zero-order valence-electron chi connectivity index (χ0n) is 11.6. The molecule has 106 valence electrons. The summed E-state index contributed by atoms with van der Waals surface area (Å²) in [5.74, 6) is 0.276. The van der Waals surface area contributed by atoms with Gasteiger partial charge in [-0.3, -0.25) is 20.0 Å². The number of fused-ring (bicyclic) bond motifs is 1. The summed E-state index contributed by atoms with van der Waals surface area (Å²) in [6, 6.07) is 5.34. The van der Waals surface area contributed by atoms with Gasteiger partial charge >= 0.3 is 5.69 Å². The van der Waals surface area contributed by atoms with Gasteiger partial charge in [-0.15, -0.1) is 0 Å². The molecule has 0 spiro atoms. The minimum Gasteiger partial charge on any atom is -0.482 e. The fourth-order valence-corrected chi connectivity index (χ4v) is 2.02. The molecule has 20 heavy (non-hydrogen) atoms. The molecule has 0 radical (unpaired) electrons. The normalized spacial score (nSPS) is 10.6. The number of hydrogen-bond acceptors (Lipinski definition) is 5. The Bertz CT molecular complexity index is 742. The number of aromatic nitrogens is 2. The van der Waals surface area contributed by atoms with Gasteiger partial charge in [0, 0.05) is 21.0 Å². The van der Waals surface area contributed by atoms with Crippen molar-refractivity contribution in [2.75, 3.05) is 6.61 Å². The van der Waals surface area contributed by atoms with Gasteiger partial charge in [0.2, 0.25) is 5.90 Å². The van der Waals surface area contributed by atoms with Crippen LogP contribution in [0, 0.1) is 10.8 Å². The van der Waals surface area contributed by atoms with Crippen LogP contribution in [0.4, 0.5) is 0 Å². The molecule has 0 saturated heterocycles. The second-order valence-corrected chi connectivity index (χ2v) is 4.39. The Kier molecular flexibility index (Phi) is 3.60. The predicted molar refractivity (Wildman–Crippen MR) is 75.9 cm³/mol. The first-order valence-electron chi connectivity index (χ1n) is 5.99. The number of nitrogens with zero attached hydrogens (tertiary/aromatic N) is 2. The molecule has 7 nitrogen and oxygen atoms in total. The molecule has 0 atom stereocenters. The third-order valence-electron chi connectivity index (χ3n) is 2.88. The van der Waals surface area contributed by atoms with Crippen molar-refractivity contribution in [3.8, 4) is 5.75 Å². The van der Waals surface area contributed by atoms with Crippen molar-refractivity contribution in [1.82, 2.24) is 9.13 Å². The topological polar surface area (TPSA) is 93.1 Å². The predicted octanol–water partition coefficient (Wildman–Crippen LogP) is 1.25.